The molecule has 0 saturated carbocycles. The zero-order valence-corrected chi connectivity index (χ0v) is 17.5. The van der Waals surface area contributed by atoms with Crippen molar-refractivity contribution >= 4 is 28.1 Å². The van der Waals surface area contributed by atoms with Gasteiger partial charge in [-0.15, -0.1) is 10.2 Å². The molecule has 7 nitrogen and oxygen atoms in total. The average molecular weight is 446 g/mol. The summed E-state index contributed by atoms with van der Waals surface area (Å²) >= 11 is 1.45. The number of hydrogen-bond donors (Lipinski definition) is 1. The first kappa shape index (κ1) is 20.9. The molecule has 160 valence electrons. The van der Waals surface area contributed by atoms with Gasteiger partial charge >= 0.3 is 6.18 Å². The second kappa shape index (κ2) is 8.06. The molecule has 4 aromatic rings. The lowest BCUT2D eigenvalue weighted by molar-refractivity contribution is -0.141. The van der Waals surface area contributed by atoms with Crippen LogP contribution in [0.25, 0.3) is 21.5 Å². The van der Waals surface area contributed by atoms with Gasteiger partial charge in [-0.1, -0.05) is 17.4 Å². The summed E-state index contributed by atoms with van der Waals surface area (Å²) in [6, 6.07) is 5.73. The SMILES string of the molecule is COc1cc(-c2nnc(C)s2)cc2c(NC(C)c3ccc(C(F)(F)F)nc3)ncnc12. The van der Waals surface area contributed by atoms with Crippen LogP contribution < -0.4 is 10.1 Å². The molecule has 1 N–H and O–H groups in total. The van der Waals surface area contributed by atoms with Crippen molar-refractivity contribution in [2.45, 2.75) is 26.1 Å². The Kier molecular flexibility index (Phi) is 5.44. The third-order valence-corrected chi connectivity index (χ3v) is 5.51. The highest BCUT2D eigenvalue weighted by atomic mass is 32.1. The molecule has 31 heavy (non-hydrogen) atoms. The van der Waals surface area contributed by atoms with Crippen LogP contribution in [-0.2, 0) is 6.18 Å². The Morgan fingerprint density at radius 3 is 2.52 bits per heavy atom. The number of aromatic nitrogens is 5. The number of nitrogens with one attached hydrogen (secondary N) is 1. The summed E-state index contributed by atoms with van der Waals surface area (Å²) in [7, 11) is 1.55. The number of anilines is 1. The molecule has 11 heteroatoms. The highest BCUT2D eigenvalue weighted by Crippen LogP contribution is 2.36. The molecule has 0 aliphatic rings. The number of nitrogens with zero attached hydrogens (tertiary/aromatic N) is 5. The standard InChI is InChI=1S/C20H17F3N6OS/c1-10(12-4-5-16(24-8-12)20(21,22)23)27-18-14-6-13(19-29-28-11(2)31-19)7-15(30-3)17(14)25-9-26-18/h4-10H,1-3H3,(H,25,26,27). The largest absolute Gasteiger partial charge is 0.494 e. The number of ether oxygens (including phenoxy) is 1. The van der Waals surface area contributed by atoms with Gasteiger partial charge in [0.15, 0.2) is 0 Å². The van der Waals surface area contributed by atoms with Crippen LogP contribution >= 0.6 is 11.3 Å². The second-order valence-corrected chi connectivity index (χ2v) is 7.95. The van der Waals surface area contributed by atoms with E-state index >= 15 is 0 Å². The minimum Gasteiger partial charge on any atom is -0.494 e. The van der Waals surface area contributed by atoms with Gasteiger partial charge in [-0.05, 0) is 37.6 Å². The quantitative estimate of drug-likeness (QED) is 0.459. The molecule has 0 fully saturated rings. The van der Waals surface area contributed by atoms with Gasteiger partial charge in [0, 0.05) is 17.1 Å². The van der Waals surface area contributed by atoms with Crippen molar-refractivity contribution in [2.24, 2.45) is 0 Å². The predicted molar refractivity (Wildman–Crippen MR) is 111 cm³/mol. The molecule has 3 aromatic heterocycles. The number of hydrogen-bond acceptors (Lipinski definition) is 8. The monoisotopic (exact) mass is 446 g/mol. The van der Waals surface area contributed by atoms with E-state index in [1.54, 1.807) is 7.11 Å². The molecular formula is C20H17F3N6OS. The lowest BCUT2D eigenvalue weighted by atomic mass is 10.1. The first-order chi connectivity index (χ1) is 14.8. The van der Waals surface area contributed by atoms with E-state index in [-0.39, 0.29) is 6.04 Å². The maximum atomic E-state index is 12.8. The maximum Gasteiger partial charge on any atom is 0.433 e. The van der Waals surface area contributed by atoms with E-state index in [4.69, 9.17) is 4.74 Å². The van der Waals surface area contributed by atoms with E-state index in [0.717, 1.165) is 21.6 Å². The minimum absolute atomic E-state index is 0.355. The number of pyridine rings is 1. The van der Waals surface area contributed by atoms with Gasteiger partial charge in [-0.2, -0.15) is 13.2 Å². The van der Waals surface area contributed by atoms with Gasteiger partial charge in [-0.3, -0.25) is 4.98 Å². The topological polar surface area (TPSA) is 85.7 Å². The molecule has 0 aliphatic carbocycles. The first-order valence-electron chi connectivity index (χ1n) is 9.19. The molecule has 3 heterocycles. The Bertz CT molecular complexity index is 1230. The van der Waals surface area contributed by atoms with Gasteiger partial charge in [0.25, 0.3) is 0 Å². The summed E-state index contributed by atoms with van der Waals surface area (Å²) in [4.78, 5) is 12.2. The Labute approximate surface area is 179 Å². The van der Waals surface area contributed by atoms with E-state index in [2.05, 4.69) is 30.5 Å². The summed E-state index contributed by atoms with van der Waals surface area (Å²) in [6.07, 6.45) is -1.87. The van der Waals surface area contributed by atoms with Crippen LogP contribution in [0.5, 0.6) is 5.75 Å². The van der Waals surface area contributed by atoms with Crippen molar-refractivity contribution in [3.63, 3.8) is 0 Å². The number of benzene rings is 1. The van der Waals surface area contributed by atoms with Crippen LogP contribution in [0.4, 0.5) is 19.0 Å². The minimum atomic E-state index is -4.48. The van der Waals surface area contributed by atoms with Crippen molar-refractivity contribution < 1.29 is 17.9 Å². The Morgan fingerprint density at radius 1 is 1.10 bits per heavy atom. The van der Waals surface area contributed by atoms with Crippen LogP contribution in [0.3, 0.4) is 0 Å². The van der Waals surface area contributed by atoms with E-state index in [9.17, 15) is 13.2 Å². The van der Waals surface area contributed by atoms with E-state index in [1.165, 1.54) is 29.9 Å². The number of methoxy groups -OCH3 is 1. The third kappa shape index (κ3) is 4.26. The summed E-state index contributed by atoms with van der Waals surface area (Å²) in [6.45, 7) is 3.68. The van der Waals surface area contributed by atoms with Crippen LogP contribution in [0.1, 0.15) is 29.2 Å². The van der Waals surface area contributed by atoms with E-state index < -0.39 is 11.9 Å². The van der Waals surface area contributed by atoms with Gasteiger partial charge in [0.1, 0.15) is 39.1 Å². The normalized spacial score (nSPS) is 12.7. The molecule has 0 amide bonds. The fourth-order valence-electron chi connectivity index (χ4n) is 3.06. The predicted octanol–water partition coefficient (Wildman–Crippen LogP) is 5.05. The van der Waals surface area contributed by atoms with E-state index in [1.807, 2.05) is 26.0 Å². The molecule has 0 spiro atoms. The molecule has 0 bridgehead atoms. The fourth-order valence-corrected chi connectivity index (χ4v) is 3.74. The lowest BCUT2D eigenvalue weighted by Gasteiger charge is -2.17. The zero-order chi connectivity index (χ0) is 22.2. The fraction of sp³-hybridized carbons (Fsp3) is 0.250. The highest BCUT2D eigenvalue weighted by Gasteiger charge is 2.32. The summed E-state index contributed by atoms with van der Waals surface area (Å²) in [5, 5.41) is 13.7. The van der Waals surface area contributed by atoms with Crippen LogP contribution in [0.2, 0.25) is 0 Å². The Morgan fingerprint density at radius 2 is 1.90 bits per heavy atom. The van der Waals surface area contributed by atoms with Crippen molar-refractivity contribution in [1.29, 1.82) is 0 Å². The van der Waals surface area contributed by atoms with Crippen molar-refractivity contribution in [2.75, 3.05) is 12.4 Å². The second-order valence-electron chi connectivity index (χ2n) is 6.76. The van der Waals surface area contributed by atoms with E-state index in [0.29, 0.717) is 28.0 Å². The number of fused-ring (bicyclic) bond motifs is 1. The summed E-state index contributed by atoms with van der Waals surface area (Å²) in [5.41, 5.74) is 1.06. The van der Waals surface area contributed by atoms with Gasteiger partial charge in [-0.25, -0.2) is 9.97 Å². The van der Waals surface area contributed by atoms with Gasteiger partial charge in [0.05, 0.1) is 13.2 Å². The Hall–Kier alpha value is -3.34. The zero-order valence-electron chi connectivity index (χ0n) is 16.7. The van der Waals surface area contributed by atoms with Crippen LogP contribution in [0.15, 0.2) is 36.8 Å². The smallest absolute Gasteiger partial charge is 0.433 e. The molecule has 0 radical (unpaired) electrons. The molecule has 1 atom stereocenters. The third-order valence-electron chi connectivity index (χ3n) is 4.63. The molecule has 1 aromatic carbocycles. The average Bonchev–Trinajstić information content (AvgIpc) is 3.19. The van der Waals surface area contributed by atoms with Crippen molar-refractivity contribution in [3.8, 4) is 16.3 Å². The summed E-state index contributed by atoms with van der Waals surface area (Å²) < 4.78 is 43.8. The molecule has 4 rings (SSSR count). The summed E-state index contributed by atoms with van der Waals surface area (Å²) in [5.74, 6) is 1.06. The number of aryl methyl sites for hydroxylation is 1. The maximum absolute atomic E-state index is 12.8. The molecular weight excluding hydrogens is 429 g/mol. The molecule has 0 aliphatic heterocycles. The van der Waals surface area contributed by atoms with Crippen LogP contribution in [-0.4, -0.2) is 32.3 Å². The highest BCUT2D eigenvalue weighted by molar-refractivity contribution is 7.14. The molecule has 1 unspecified atom stereocenters. The lowest BCUT2D eigenvalue weighted by Crippen LogP contribution is -2.12. The molecule has 0 saturated heterocycles. The van der Waals surface area contributed by atoms with Crippen LogP contribution in [0, 0.1) is 6.92 Å². The number of rotatable bonds is 5. The van der Waals surface area contributed by atoms with Crippen molar-refractivity contribution in [3.05, 3.63) is 53.1 Å². The van der Waals surface area contributed by atoms with Crippen molar-refractivity contribution in [1.82, 2.24) is 25.1 Å². The van der Waals surface area contributed by atoms with Gasteiger partial charge < -0.3 is 10.1 Å². The number of alkyl halides is 3. The number of halogens is 3. The van der Waals surface area contributed by atoms with Gasteiger partial charge in [0.2, 0.25) is 0 Å². The first-order valence-corrected chi connectivity index (χ1v) is 10.0. The Balaban J connectivity index is 1.71.